The van der Waals surface area contributed by atoms with Gasteiger partial charge in [-0.25, -0.2) is 4.79 Å². The second kappa shape index (κ2) is 7.59. The molecule has 0 saturated heterocycles. The van der Waals surface area contributed by atoms with Gasteiger partial charge in [-0.05, 0) is 13.3 Å². The zero-order valence-electron chi connectivity index (χ0n) is 12.3. The smallest absolute Gasteiger partial charge is 0.376 e. The first-order valence-electron chi connectivity index (χ1n) is 6.08. The maximum absolute atomic E-state index is 12.0. The van der Waals surface area contributed by atoms with Gasteiger partial charge in [0.1, 0.15) is 17.4 Å². The molecule has 20 heavy (non-hydrogen) atoms. The minimum atomic E-state index is -0.671. The number of carbonyl (C=O) groups is 1. The molecule has 6 nitrogen and oxygen atoms in total. The highest BCUT2D eigenvalue weighted by atomic mass is 17.2. The van der Waals surface area contributed by atoms with E-state index in [4.69, 9.17) is 24.0 Å². The minimum Gasteiger partial charge on any atom is -0.496 e. The molecule has 1 radical (unpaired) electrons. The van der Waals surface area contributed by atoms with Gasteiger partial charge in [-0.1, -0.05) is 6.92 Å². The van der Waals surface area contributed by atoms with Crippen LogP contribution >= 0.6 is 0 Å². The molecule has 0 saturated carbocycles. The summed E-state index contributed by atoms with van der Waals surface area (Å²) in [5, 5.41) is 0. The lowest BCUT2D eigenvalue weighted by Crippen LogP contribution is -2.10. The van der Waals surface area contributed by atoms with E-state index < -0.39 is 5.97 Å². The lowest BCUT2D eigenvalue weighted by Gasteiger charge is -2.13. The third-order valence-corrected chi connectivity index (χ3v) is 2.68. The lowest BCUT2D eigenvalue weighted by atomic mass is 10.1. The van der Waals surface area contributed by atoms with E-state index in [0.717, 1.165) is 0 Å². The molecule has 0 aliphatic carbocycles. The molecule has 6 heteroatoms. The van der Waals surface area contributed by atoms with Crippen molar-refractivity contribution >= 4 is 5.97 Å². The normalized spacial score (nSPS) is 10.3. The van der Waals surface area contributed by atoms with Gasteiger partial charge in [-0.3, -0.25) is 4.89 Å². The largest absolute Gasteiger partial charge is 0.496 e. The predicted molar refractivity (Wildman–Crippen MR) is 71.8 cm³/mol. The summed E-state index contributed by atoms with van der Waals surface area (Å²) < 4.78 is 15.4. The summed E-state index contributed by atoms with van der Waals surface area (Å²) in [6.07, 6.45) is 1.24. The Kier molecular flexibility index (Phi) is 6.11. The van der Waals surface area contributed by atoms with Gasteiger partial charge in [0, 0.05) is 12.1 Å². The van der Waals surface area contributed by atoms with Gasteiger partial charge in [-0.15, -0.1) is 0 Å². The quantitative estimate of drug-likeness (QED) is 0.566. The van der Waals surface area contributed by atoms with Crippen LogP contribution in [-0.4, -0.2) is 27.3 Å². The van der Waals surface area contributed by atoms with Gasteiger partial charge >= 0.3 is 5.97 Å². The van der Waals surface area contributed by atoms with Crippen LogP contribution in [0.25, 0.3) is 0 Å². The molecular formula is C14H19O6. The molecule has 0 aromatic heterocycles. The van der Waals surface area contributed by atoms with Gasteiger partial charge in [-0.2, -0.15) is 4.89 Å². The highest BCUT2D eigenvalue weighted by Crippen LogP contribution is 2.35. The zero-order valence-corrected chi connectivity index (χ0v) is 12.3. The van der Waals surface area contributed by atoms with Crippen LogP contribution in [0.4, 0.5) is 0 Å². The second-order valence-corrected chi connectivity index (χ2v) is 3.92. The maximum atomic E-state index is 12.0. The average Bonchev–Trinajstić information content (AvgIpc) is 2.50. The topological polar surface area (TPSA) is 63.2 Å². The van der Waals surface area contributed by atoms with Crippen molar-refractivity contribution in [1.82, 2.24) is 0 Å². The fraction of sp³-hybridized carbons (Fsp3) is 0.429. The monoisotopic (exact) mass is 283 g/mol. The third-order valence-electron chi connectivity index (χ3n) is 2.68. The molecule has 0 amide bonds. The van der Waals surface area contributed by atoms with Crippen LogP contribution in [0, 0.1) is 6.10 Å². The molecule has 0 atom stereocenters. The van der Waals surface area contributed by atoms with Crippen molar-refractivity contribution in [3.05, 3.63) is 23.8 Å². The molecule has 0 unspecified atom stereocenters. The molecule has 111 valence electrons. The summed E-state index contributed by atoms with van der Waals surface area (Å²) in [7, 11) is 4.42. The van der Waals surface area contributed by atoms with Crippen LogP contribution < -0.4 is 14.2 Å². The highest BCUT2D eigenvalue weighted by molar-refractivity contribution is 5.93. The van der Waals surface area contributed by atoms with E-state index >= 15 is 0 Å². The first-order chi connectivity index (χ1) is 9.57. The van der Waals surface area contributed by atoms with Crippen molar-refractivity contribution in [3.8, 4) is 17.2 Å². The molecule has 0 spiro atoms. The van der Waals surface area contributed by atoms with Crippen LogP contribution in [0.3, 0.4) is 0 Å². The summed E-state index contributed by atoms with van der Waals surface area (Å²) in [5.41, 5.74) is 0.189. The van der Waals surface area contributed by atoms with Crippen LogP contribution in [0.1, 0.15) is 30.6 Å². The lowest BCUT2D eigenvalue weighted by molar-refractivity contribution is -0.232. The van der Waals surface area contributed by atoms with Gasteiger partial charge < -0.3 is 14.2 Å². The Morgan fingerprint density at radius 1 is 0.950 bits per heavy atom. The maximum Gasteiger partial charge on any atom is 0.376 e. The summed E-state index contributed by atoms with van der Waals surface area (Å²) in [6, 6.07) is 3.02. The summed E-state index contributed by atoms with van der Waals surface area (Å²) in [4.78, 5) is 21.6. The number of benzene rings is 1. The molecule has 0 aliphatic rings. The Morgan fingerprint density at radius 2 is 1.50 bits per heavy atom. The van der Waals surface area contributed by atoms with Crippen LogP contribution in [-0.2, 0) is 9.78 Å². The fourth-order valence-corrected chi connectivity index (χ4v) is 1.40. The predicted octanol–water partition coefficient (Wildman–Crippen LogP) is 2.76. The number of rotatable bonds is 7. The van der Waals surface area contributed by atoms with Gasteiger partial charge in [0.05, 0.1) is 21.3 Å². The molecule has 0 aliphatic heterocycles. The van der Waals surface area contributed by atoms with E-state index in [1.54, 1.807) is 13.0 Å². The standard InChI is InChI=1S/C14H19O6/c1-6-9(2)19-20-14(15)10-7-12(17-4)13(18-5)8-11(10)16-3/h7-8H,6H2,1-5H3. The summed E-state index contributed by atoms with van der Waals surface area (Å²) in [5.74, 6) is 0.496. The van der Waals surface area contributed by atoms with E-state index in [1.807, 2.05) is 6.92 Å². The first-order valence-corrected chi connectivity index (χ1v) is 6.08. The summed E-state index contributed by atoms with van der Waals surface area (Å²) >= 11 is 0. The van der Waals surface area contributed by atoms with Crippen LogP contribution in [0.15, 0.2) is 12.1 Å². The van der Waals surface area contributed by atoms with Gasteiger partial charge in [0.25, 0.3) is 0 Å². The van der Waals surface area contributed by atoms with E-state index in [-0.39, 0.29) is 5.56 Å². The van der Waals surface area contributed by atoms with Gasteiger partial charge in [0.15, 0.2) is 11.5 Å². The second-order valence-electron chi connectivity index (χ2n) is 3.92. The van der Waals surface area contributed by atoms with Crippen molar-refractivity contribution in [2.75, 3.05) is 21.3 Å². The average molecular weight is 283 g/mol. The van der Waals surface area contributed by atoms with E-state index in [0.29, 0.717) is 29.8 Å². The molecule has 0 bridgehead atoms. The Balaban J connectivity index is 3.00. The van der Waals surface area contributed by atoms with E-state index in [2.05, 4.69) is 0 Å². The molecule has 1 rings (SSSR count). The van der Waals surface area contributed by atoms with E-state index in [9.17, 15) is 4.79 Å². The molecule has 1 aromatic rings. The Morgan fingerprint density at radius 3 is 2.00 bits per heavy atom. The minimum absolute atomic E-state index is 0.189. The van der Waals surface area contributed by atoms with Crippen LogP contribution in [0.5, 0.6) is 17.2 Å². The van der Waals surface area contributed by atoms with Crippen molar-refractivity contribution in [2.45, 2.75) is 20.3 Å². The number of hydrogen-bond donors (Lipinski definition) is 0. The number of hydrogen-bond acceptors (Lipinski definition) is 6. The van der Waals surface area contributed by atoms with E-state index in [1.165, 1.54) is 27.4 Å². The van der Waals surface area contributed by atoms with Crippen molar-refractivity contribution in [2.24, 2.45) is 0 Å². The SMILES string of the molecule is CC[C](C)OOC(=O)c1cc(OC)c(OC)cc1OC. The first kappa shape index (κ1) is 16.1. The van der Waals surface area contributed by atoms with Gasteiger partial charge in [0.2, 0.25) is 0 Å². The molecule has 0 heterocycles. The molecule has 1 aromatic carbocycles. The zero-order chi connectivity index (χ0) is 15.1. The van der Waals surface area contributed by atoms with Crippen molar-refractivity contribution in [3.63, 3.8) is 0 Å². The molecule has 0 fully saturated rings. The molecular weight excluding hydrogens is 264 g/mol. The number of methoxy groups -OCH3 is 3. The highest BCUT2D eigenvalue weighted by Gasteiger charge is 2.20. The van der Waals surface area contributed by atoms with Crippen LogP contribution in [0.2, 0.25) is 0 Å². The van der Waals surface area contributed by atoms with Crippen molar-refractivity contribution in [1.29, 1.82) is 0 Å². The summed E-state index contributed by atoms with van der Waals surface area (Å²) in [6.45, 7) is 3.61. The third kappa shape index (κ3) is 3.77. The fourth-order valence-electron chi connectivity index (χ4n) is 1.40. The molecule has 0 N–H and O–H groups in total. The Bertz CT molecular complexity index is 457. The number of carbonyl (C=O) groups excluding carboxylic acids is 1. The Hall–Kier alpha value is -1.95. The Labute approximate surface area is 118 Å². The number of ether oxygens (including phenoxy) is 3. The van der Waals surface area contributed by atoms with Crippen molar-refractivity contribution < 1.29 is 28.8 Å².